The third kappa shape index (κ3) is 3.20. The number of hydrogen-bond acceptors (Lipinski definition) is 6. The fourth-order valence-corrected chi connectivity index (χ4v) is 3.12. The second-order valence-corrected chi connectivity index (χ2v) is 6.32. The maximum absolute atomic E-state index is 12.4. The third-order valence-electron chi connectivity index (χ3n) is 4.63. The van der Waals surface area contributed by atoms with E-state index in [1.54, 1.807) is 36.4 Å². The first-order valence-electron chi connectivity index (χ1n) is 8.60. The topological polar surface area (TPSA) is 95.9 Å². The second-order valence-electron chi connectivity index (χ2n) is 6.32. The van der Waals surface area contributed by atoms with E-state index in [1.807, 2.05) is 24.3 Å². The van der Waals surface area contributed by atoms with Gasteiger partial charge in [0.25, 0.3) is 11.8 Å². The number of imide groups is 1. The second kappa shape index (κ2) is 7.15. The molecule has 0 bridgehead atoms. The number of nitrogens with one attached hydrogen (secondary N) is 1. The van der Waals surface area contributed by atoms with Gasteiger partial charge in [-0.1, -0.05) is 36.4 Å². The fraction of sp³-hybridized carbons (Fsp3) is 0.0476. The number of amides is 2. The zero-order valence-electron chi connectivity index (χ0n) is 14.7. The van der Waals surface area contributed by atoms with Gasteiger partial charge in [0.15, 0.2) is 0 Å². The Labute approximate surface area is 161 Å². The summed E-state index contributed by atoms with van der Waals surface area (Å²) in [5.74, 6) is -0.609. The minimum atomic E-state index is -0.305. The molecule has 0 radical (unpaired) electrons. The normalized spacial score (nSPS) is 12.9. The monoisotopic (exact) mass is 374 g/mol. The molecule has 28 heavy (non-hydrogen) atoms. The van der Waals surface area contributed by atoms with Gasteiger partial charge >= 0.3 is 0 Å². The van der Waals surface area contributed by atoms with E-state index < -0.39 is 0 Å². The van der Waals surface area contributed by atoms with Gasteiger partial charge in [-0.05, 0) is 47.5 Å². The molecule has 4 rings (SSSR count). The van der Waals surface area contributed by atoms with Gasteiger partial charge in [-0.2, -0.15) is 0 Å². The lowest BCUT2D eigenvalue weighted by atomic mass is 10.1. The van der Waals surface area contributed by atoms with Crippen molar-refractivity contribution in [2.75, 3.05) is 17.2 Å². The van der Waals surface area contributed by atoms with E-state index in [4.69, 9.17) is 5.21 Å². The van der Waals surface area contributed by atoms with Gasteiger partial charge in [0, 0.05) is 5.69 Å². The number of nitrogens with zero attached hydrogens (tertiary/aromatic N) is 2. The Morgan fingerprint density at radius 2 is 1.32 bits per heavy atom. The Kier molecular flexibility index (Phi) is 4.52. The molecule has 0 saturated carbocycles. The summed E-state index contributed by atoms with van der Waals surface area (Å²) in [7, 11) is 0. The van der Waals surface area contributed by atoms with Crippen LogP contribution in [0.15, 0.2) is 72.8 Å². The van der Waals surface area contributed by atoms with Crippen molar-refractivity contribution in [3.63, 3.8) is 0 Å². The molecule has 1 aliphatic rings. The van der Waals surface area contributed by atoms with Crippen molar-refractivity contribution in [3.8, 4) is 11.1 Å². The Balaban J connectivity index is 1.43. The Hall–Kier alpha value is -3.68. The van der Waals surface area contributed by atoms with Crippen LogP contribution in [0.3, 0.4) is 0 Å². The van der Waals surface area contributed by atoms with Crippen molar-refractivity contribution < 1.29 is 14.8 Å². The summed E-state index contributed by atoms with van der Waals surface area (Å²) in [5.41, 5.74) is 3.58. The average Bonchev–Trinajstić information content (AvgIpc) is 2.97. The summed E-state index contributed by atoms with van der Waals surface area (Å²) in [5, 5.41) is 22.6. The molecule has 1 heterocycles. The van der Waals surface area contributed by atoms with Gasteiger partial charge in [-0.25, -0.2) is 0 Å². The van der Waals surface area contributed by atoms with Crippen molar-refractivity contribution in [1.82, 2.24) is 4.90 Å². The van der Waals surface area contributed by atoms with Crippen LogP contribution in [0.5, 0.6) is 0 Å². The van der Waals surface area contributed by atoms with E-state index in [9.17, 15) is 14.8 Å². The smallest absolute Gasteiger partial charge is 0.263 e. The van der Waals surface area contributed by atoms with Crippen molar-refractivity contribution in [1.29, 1.82) is 0 Å². The van der Waals surface area contributed by atoms with Crippen molar-refractivity contribution in [2.45, 2.75) is 0 Å². The molecule has 0 spiro atoms. The quantitative estimate of drug-likeness (QED) is 0.522. The highest BCUT2D eigenvalue weighted by Gasteiger charge is 2.34. The summed E-state index contributed by atoms with van der Waals surface area (Å²) in [6, 6.07) is 20.7. The molecule has 0 aromatic heterocycles. The van der Waals surface area contributed by atoms with Crippen molar-refractivity contribution in [2.24, 2.45) is 0 Å². The summed E-state index contributed by atoms with van der Waals surface area (Å²) in [6.07, 6.45) is 0. The van der Waals surface area contributed by atoms with Gasteiger partial charge in [0.05, 0.1) is 23.5 Å². The molecule has 7 heteroatoms. The minimum absolute atomic E-state index is 0.0796. The molecule has 0 aliphatic carbocycles. The lowest BCUT2D eigenvalue weighted by Gasteiger charge is -2.21. The van der Waals surface area contributed by atoms with Crippen LogP contribution < -0.4 is 10.5 Å². The molecule has 3 aromatic rings. The first-order chi connectivity index (χ1) is 13.5. The molecule has 0 atom stereocenters. The molecule has 140 valence electrons. The van der Waals surface area contributed by atoms with Crippen LogP contribution in [-0.2, 0) is 0 Å². The van der Waals surface area contributed by atoms with E-state index in [0.29, 0.717) is 11.1 Å². The molecule has 0 saturated heterocycles. The largest absolute Gasteiger partial charge is 0.733 e. The van der Waals surface area contributed by atoms with Crippen molar-refractivity contribution >= 4 is 23.2 Å². The molecular formula is C21H16N3O4-. The lowest BCUT2D eigenvalue weighted by molar-refractivity contribution is 0.0666. The third-order valence-corrected chi connectivity index (χ3v) is 4.63. The number of hydrogen-bond donors (Lipinski definition) is 2. The summed E-state index contributed by atoms with van der Waals surface area (Å²) in [6.45, 7) is 0.0796. The molecule has 7 nitrogen and oxygen atoms in total. The van der Waals surface area contributed by atoms with E-state index >= 15 is 0 Å². The SMILES string of the molecule is O=C1c2ccccc2C(=O)N1CNc1ccc(-c2ccc(N([O-])O)cc2)cc1. The number of fused-ring (bicyclic) bond motifs is 1. The van der Waals surface area contributed by atoms with Crippen LogP contribution in [0, 0.1) is 5.21 Å². The van der Waals surface area contributed by atoms with E-state index in [0.717, 1.165) is 16.8 Å². The maximum Gasteiger partial charge on any atom is 0.263 e. The van der Waals surface area contributed by atoms with Gasteiger partial charge in [0.1, 0.15) is 0 Å². The number of carbonyl (C=O) groups excluding carboxylic acids is 2. The predicted octanol–water partition coefficient (Wildman–Crippen LogP) is 3.71. The van der Waals surface area contributed by atoms with Crippen LogP contribution in [0.1, 0.15) is 20.7 Å². The van der Waals surface area contributed by atoms with E-state index in [-0.39, 0.29) is 29.4 Å². The predicted molar refractivity (Wildman–Crippen MR) is 105 cm³/mol. The molecule has 1 aliphatic heterocycles. The maximum atomic E-state index is 12.4. The summed E-state index contributed by atoms with van der Waals surface area (Å²) < 4.78 is 0. The average molecular weight is 374 g/mol. The molecule has 3 aromatic carbocycles. The number of rotatable bonds is 5. The number of anilines is 2. The first-order valence-corrected chi connectivity index (χ1v) is 8.60. The lowest BCUT2D eigenvalue weighted by Crippen LogP contribution is -2.34. The fourth-order valence-electron chi connectivity index (χ4n) is 3.12. The van der Waals surface area contributed by atoms with Crippen LogP contribution in [0.25, 0.3) is 11.1 Å². The summed E-state index contributed by atoms with van der Waals surface area (Å²) in [4.78, 5) is 25.9. The number of benzene rings is 3. The Bertz CT molecular complexity index is 995. The highest BCUT2D eigenvalue weighted by atomic mass is 16.8. The van der Waals surface area contributed by atoms with Gasteiger partial charge < -0.3 is 15.8 Å². The Morgan fingerprint density at radius 1 is 0.821 bits per heavy atom. The standard InChI is InChI=1S/C21H16N3O4/c25-20-18-3-1-2-4-19(18)21(26)23(20)13-22-16-9-5-14(6-10-16)15-7-11-17(12-8-15)24(27)28/h1-12,22,27H,13H2/q-1. The molecule has 0 unspecified atom stereocenters. The van der Waals surface area contributed by atoms with Gasteiger partial charge in [0.2, 0.25) is 0 Å². The molecule has 0 fully saturated rings. The zero-order chi connectivity index (χ0) is 19.7. The Morgan fingerprint density at radius 3 is 1.82 bits per heavy atom. The first kappa shape index (κ1) is 17.7. The summed E-state index contributed by atoms with van der Waals surface area (Å²) >= 11 is 0. The van der Waals surface area contributed by atoms with Crippen LogP contribution in [-0.4, -0.2) is 28.6 Å². The van der Waals surface area contributed by atoms with Crippen LogP contribution in [0.4, 0.5) is 11.4 Å². The number of carbonyl (C=O) groups is 2. The van der Waals surface area contributed by atoms with Crippen molar-refractivity contribution in [3.05, 3.63) is 89.1 Å². The zero-order valence-corrected chi connectivity index (χ0v) is 14.7. The minimum Gasteiger partial charge on any atom is -0.733 e. The van der Waals surface area contributed by atoms with Crippen LogP contribution in [0.2, 0.25) is 0 Å². The van der Waals surface area contributed by atoms with Gasteiger partial charge in [-0.3, -0.25) is 19.7 Å². The van der Waals surface area contributed by atoms with E-state index in [1.165, 1.54) is 17.0 Å². The van der Waals surface area contributed by atoms with Crippen LogP contribution >= 0.6 is 0 Å². The molecular weight excluding hydrogens is 358 g/mol. The highest BCUT2D eigenvalue weighted by molar-refractivity contribution is 6.21. The van der Waals surface area contributed by atoms with E-state index in [2.05, 4.69) is 5.32 Å². The molecule has 2 amide bonds. The molecule has 2 N–H and O–H groups in total. The van der Waals surface area contributed by atoms with Gasteiger partial charge in [-0.15, -0.1) is 0 Å². The highest BCUT2D eigenvalue weighted by Crippen LogP contribution is 2.25.